The van der Waals surface area contributed by atoms with E-state index in [2.05, 4.69) is 15.9 Å². The van der Waals surface area contributed by atoms with Crippen molar-refractivity contribution in [2.75, 3.05) is 0 Å². The van der Waals surface area contributed by atoms with Gasteiger partial charge in [0, 0.05) is 0 Å². The van der Waals surface area contributed by atoms with Crippen LogP contribution in [-0.4, -0.2) is 6.29 Å². The Morgan fingerprint density at radius 1 is 1.17 bits per heavy atom. The van der Waals surface area contributed by atoms with Crippen molar-refractivity contribution in [1.29, 1.82) is 0 Å². The van der Waals surface area contributed by atoms with E-state index in [1.54, 1.807) is 6.07 Å². The molecule has 0 heterocycles. The maximum absolute atomic E-state index is 13.6. The molecule has 0 radical (unpaired) electrons. The summed E-state index contributed by atoms with van der Waals surface area (Å²) in [5, 5.41) is 0. The van der Waals surface area contributed by atoms with E-state index in [4.69, 9.17) is 4.74 Å². The Hall–Kier alpha value is -1.68. The molecule has 0 amide bonds. The fourth-order valence-corrected chi connectivity index (χ4v) is 1.96. The highest BCUT2D eigenvalue weighted by atomic mass is 79.9. The third-order valence-corrected chi connectivity index (χ3v) is 3.18. The molecular formula is C14H10BrFO2. The van der Waals surface area contributed by atoms with Gasteiger partial charge < -0.3 is 4.74 Å². The zero-order valence-electron chi connectivity index (χ0n) is 9.40. The number of hydrogen-bond acceptors (Lipinski definition) is 2. The lowest BCUT2D eigenvalue weighted by Gasteiger charge is -2.09. The van der Waals surface area contributed by atoms with Gasteiger partial charge in [0.05, 0.1) is 10.0 Å². The molecule has 0 spiro atoms. The number of carbonyl (C=O) groups excluding carboxylic acids is 1. The lowest BCUT2D eigenvalue weighted by molar-refractivity contribution is 0.111. The highest BCUT2D eigenvalue weighted by molar-refractivity contribution is 9.10. The molecule has 0 aromatic heterocycles. The van der Waals surface area contributed by atoms with Crippen LogP contribution in [0.4, 0.5) is 4.39 Å². The van der Waals surface area contributed by atoms with E-state index in [1.165, 1.54) is 6.07 Å². The van der Waals surface area contributed by atoms with Gasteiger partial charge in [-0.05, 0) is 33.6 Å². The first-order valence-corrected chi connectivity index (χ1v) is 6.11. The minimum absolute atomic E-state index is 0.00827. The molecule has 2 aromatic rings. The molecule has 92 valence electrons. The van der Waals surface area contributed by atoms with E-state index in [-0.39, 0.29) is 10.0 Å². The van der Waals surface area contributed by atoms with Crippen molar-refractivity contribution in [2.24, 2.45) is 0 Å². The maximum atomic E-state index is 13.6. The maximum Gasteiger partial charge on any atom is 0.153 e. The Morgan fingerprint density at radius 2 is 1.89 bits per heavy atom. The van der Waals surface area contributed by atoms with E-state index in [9.17, 15) is 9.18 Å². The molecule has 2 aromatic carbocycles. The second-order valence-corrected chi connectivity index (χ2v) is 4.47. The fourth-order valence-electron chi connectivity index (χ4n) is 1.48. The molecule has 0 saturated carbocycles. The molecule has 0 aliphatic rings. The van der Waals surface area contributed by atoms with Crippen molar-refractivity contribution < 1.29 is 13.9 Å². The van der Waals surface area contributed by atoms with Crippen molar-refractivity contribution >= 4 is 22.2 Å². The molecule has 0 aliphatic carbocycles. The number of carbonyl (C=O) groups is 1. The highest BCUT2D eigenvalue weighted by Gasteiger charge is 2.11. The lowest BCUT2D eigenvalue weighted by Crippen LogP contribution is -1.98. The van der Waals surface area contributed by atoms with E-state index in [0.717, 1.165) is 5.56 Å². The molecular weight excluding hydrogens is 299 g/mol. The summed E-state index contributed by atoms with van der Waals surface area (Å²) in [6.07, 6.45) is 0.473. The smallest absolute Gasteiger partial charge is 0.153 e. The Kier molecular flexibility index (Phi) is 4.10. The number of ether oxygens (including phenoxy) is 1. The van der Waals surface area contributed by atoms with Crippen LogP contribution >= 0.6 is 15.9 Å². The number of benzene rings is 2. The Balaban J connectivity index is 2.15. The first kappa shape index (κ1) is 12.8. The second kappa shape index (κ2) is 5.78. The van der Waals surface area contributed by atoms with Crippen LogP contribution < -0.4 is 4.74 Å². The zero-order valence-corrected chi connectivity index (χ0v) is 11.0. The molecule has 0 unspecified atom stereocenters. The van der Waals surface area contributed by atoms with Gasteiger partial charge in [-0.3, -0.25) is 4.79 Å². The lowest BCUT2D eigenvalue weighted by atomic mass is 10.2. The average Bonchev–Trinajstić information content (AvgIpc) is 2.42. The zero-order chi connectivity index (χ0) is 13.0. The molecule has 0 aliphatic heterocycles. The molecule has 18 heavy (non-hydrogen) atoms. The first-order valence-electron chi connectivity index (χ1n) is 5.32. The fraction of sp³-hybridized carbons (Fsp3) is 0.0714. The minimum atomic E-state index is -0.601. The predicted octanol–water partition coefficient (Wildman–Crippen LogP) is 3.98. The van der Waals surface area contributed by atoms with Gasteiger partial charge in [-0.15, -0.1) is 0 Å². The number of rotatable bonds is 4. The average molecular weight is 309 g/mol. The molecule has 0 N–H and O–H groups in total. The van der Waals surface area contributed by atoms with Crippen LogP contribution in [0.5, 0.6) is 5.75 Å². The third-order valence-electron chi connectivity index (χ3n) is 2.44. The molecule has 2 rings (SSSR count). The number of halogens is 2. The number of hydrogen-bond donors (Lipinski definition) is 0. The Labute approximate surface area is 113 Å². The van der Waals surface area contributed by atoms with Gasteiger partial charge in [0.25, 0.3) is 0 Å². The molecule has 4 heteroatoms. The standard InChI is InChI=1S/C14H10BrFO2/c15-13-12(7-6-11(8-17)14(13)16)18-9-10-4-2-1-3-5-10/h1-8H,9H2. The summed E-state index contributed by atoms with van der Waals surface area (Å²) in [6, 6.07) is 12.5. The summed E-state index contributed by atoms with van der Waals surface area (Å²) in [7, 11) is 0. The van der Waals surface area contributed by atoms with Crippen LogP contribution in [-0.2, 0) is 6.61 Å². The van der Waals surface area contributed by atoms with Crippen molar-refractivity contribution in [2.45, 2.75) is 6.61 Å². The van der Waals surface area contributed by atoms with Crippen LogP contribution in [0.15, 0.2) is 46.9 Å². The Morgan fingerprint density at radius 3 is 2.56 bits per heavy atom. The van der Waals surface area contributed by atoms with Crippen LogP contribution in [0, 0.1) is 5.82 Å². The number of aldehydes is 1. The van der Waals surface area contributed by atoms with Crippen LogP contribution in [0.3, 0.4) is 0 Å². The van der Waals surface area contributed by atoms with Gasteiger partial charge >= 0.3 is 0 Å². The molecule has 0 atom stereocenters. The predicted molar refractivity (Wildman–Crippen MR) is 70.3 cm³/mol. The van der Waals surface area contributed by atoms with Crippen molar-refractivity contribution in [3.05, 3.63) is 63.9 Å². The molecule has 2 nitrogen and oxygen atoms in total. The minimum Gasteiger partial charge on any atom is -0.488 e. The van der Waals surface area contributed by atoms with E-state index >= 15 is 0 Å². The van der Waals surface area contributed by atoms with Gasteiger partial charge in [0.2, 0.25) is 0 Å². The van der Waals surface area contributed by atoms with E-state index < -0.39 is 5.82 Å². The SMILES string of the molecule is O=Cc1ccc(OCc2ccccc2)c(Br)c1F. The normalized spacial score (nSPS) is 10.1. The molecule has 0 bridgehead atoms. The van der Waals surface area contributed by atoms with Gasteiger partial charge in [-0.2, -0.15) is 0 Å². The third kappa shape index (κ3) is 2.76. The van der Waals surface area contributed by atoms with Crippen molar-refractivity contribution in [3.8, 4) is 5.75 Å². The summed E-state index contributed by atoms with van der Waals surface area (Å²) >= 11 is 3.09. The second-order valence-electron chi connectivity index (χ2n) is 3.67. The van der Waals surface area contributed by atoms with E-state index in [1.807, 2.05) is 30.3 Å². The topological polar surface area (TPSA) is 26.3 Å². The summed E-state index contributed by atoms with van der Waals surface area (Å²) in [5.41, 5.74) is 0.998. The summed E-state index contributed by atoms with van der Waals surface area (Å²) in [4.78, 5) is 10.6. The molecule has 0 fully saturated rings. The van der Waals surface area contributed by atoms with Crippen LogP contribution in [0.2, 0.25) is 0 Å². The highest BCUT2D eigenvalue weighted by Crippen LogP contribution is 2.30. The first-order chi connectivity index (χ1) is 8.72. The molecule has 0 saturated heterocycles. The van der Waals surface area contributed by atoms with Gasteiger partial charge in [0.1, 0.15) is 12.4 Å². The summed E-state index contributed by atoms with van der Waals surface area (Å²) < 4.78 is 19.3. The van der Waals surface area contributed by atoms with Gasteiger partial charge in [0.15, 0.2) is 12.1 Å². The van der Waals surface area contributed by atoms with Crippen LogP contribution in [0.25, 0.3) is 0 Å². The van der Waals surface area contributed by atoms with Crippen LogP contribution in [0.1, 0.15) is 15.9 Å². The van der Waals surface area contributed by atoms with Crippen molar-refractivity contribution in [3.63, 3.8) is 0 Å². The summed E-state index contributed by atoms with van der Waals surface area (Å²) in [6.45, 7) is 0.347. The Bertz CT molecular complexity index is 555. The monoisotopic (exact) mass is 308 g/mol. The summed E-state index contributed by atoms with van der Waals surface area (Å²) in [5.74, 6) is -0.225. The van der Waals surface area contributed by atoms with E-state index in [0.29, 0.717) is 18.6 Å². The quantitative estimate of drug-likeness (QED) is 0.799. The largest absolute Gasteiger partial charge is 0.488 e. The van der Waals surface area contributed by atoms with Gasteiger partial charge in [-0.25, -0.2) is 4.39 Å². The van der Waals surface area contributed by atoms with Gasteiger partial charge in [-0.1, -0.05) is 30.3 Å². The van der Waals surface area contributed by atoms with Crippen molar-refractivity contribution in [1.82, 2.24) is 0 Å².